The number of aliphatic imine (C=N–C) groups is 1. The van der Waals surface area contributed by atoms with E-state index in [-0.39, 0.29) is 24.0 Å². The highest BCUT2D eigenvalue weighted by Gasteiger charge is 2.26. The van der Waals surface area contributed by atoms with Crippen LogP contribution < -0.4 is 5.32 Å². The lowest BCUT2D eigenvalue weighted by molar-refractivity contribution is 0.314. The summed E-state index contributed by atoms with van der Waals surface area (Å²) in [7, 11) is 2.23. The molecule has 0 spiro atoms. The number of hydrogen-bond acceptors (Lipinski definition) is 3. The molecule has 0 aromatic rings. The summed E-state index contributed by atoms with van der Waals surface area (Å²) in [6.45, 7) is 12.2. The molecule has 4 nitrogen and oxygen atoms in total. The zero-order chi connectivity index (χ0) is 15.2. The van der Waals surface area contributed by atoms with E-state index in [9.17, 15) is 0 Å². The van der Waals surface area contributed by atoms with Gasteiger partial charge in [-0.3, -0.25) is 4.99 Å². The normalized spacial score (nSPS) is 27.1. The second kappa shape index (κ2) is 10.2. The zero-order valence-electron chi connectivity index (χ0n) is 14.5. The summed E-state index contributed by atoms with van der Waals surface area (Å²) in [6.07, 6.45) is 2.62. The third kappa shape index (κ3) is 5.74. The molecule has 2 rings (SSSR count). The maximum Gasteiger partial charge on any atom is 0.194 e. The van der Waals surface area contributed by atoms with Crippen molar-refractivity contribution in [2.24, 2.45) is 10.9 Å². The van der Waals surface area contributed by atoms with Gasteiger partial charge in [0.2, 0.25) is 0 Å². The second-order valence-electron chi connectivity index (χ2n) is 6.57. The number of hydrogen-bond donors (Lipinski definition) is 1. The highest BCUT2D eigenvalue weighted by Crippen LogP contribution is 2.25. The molecule has 0 radical (unpaired) electrons. The molecule has 6 heteroatoms. The van der Waals surface area contributed by atoms with Crippen molar-refractivity contribution in [2.75, 3.05) is 45.5 Å². The summed E-state index contributed by atoms with van der Waals surface area (Å²) >= 11 is 2.12. The predicted molar refractivity (Wildman–Crippen MR) is 110 cm³/mol. The Hall–Kier alpha value is 0.310. The summed E-state index contributed by atoms with van der Waals surface area (Å²) in [6, 6.07) is 0.638. The number of guanidine groups is 1. The van der Waals surface area contributed by atoms with Crippen LogP contribution in [-0.4, -0.2) is 72.6 Å². The number of likely N-dealkylation sites (tertiary alicyclic amines) is 1. The minimum atomic E-state index is 0. The number of thioether (sulfide) groups is 1. The molecular formula is C16H33IN4S. The molecule has 2 saturated heterocycles. The minimum absolute atomic E-state index is 0. The van der Waals surface area contributed by atoms with Gasteiger partial charge in [0.1, 0.15) is 0 Å². The SMILES string of the molecule is CCNC(=NCC1CCCN1C)N1CCSC(C(C)C)C1.I. The van der Waals surface area contributed by atoms with Gasteiger partial charge in [0.05, 0.1) is 6.54 Å². The topological polar surface area (TPSA) is 30.9 Å². The summed E-state index contributed by atoms with van der Waals surface area (Å²) in [5.74, 6) is 3.08. The summed E-state index contributed by atoms with van der Waals surface area (Å²) in [5, 5.41) is 4.23. The lowest BCUT2D eigenvalue weighted by Gasteiger charge is -2.36. The molecule has 130 valence electrons. The fraction of sp³-hybridized carbons (Fsp3) is 0.938. The van der Waals surface area contributed by atoms with Crippen LogP contribution in [0.1, 0.15) is 33.6 Å². The molecule has 0 bridgehead atoms. The van der Waals surface area contributed by atoms with Crippen molar-refractivity contribution in [2.45, 2.75) is 44.9 Å². The number of nitrogens with zero attached hydrogens (tertiary/aromatic N) is 3. The van der Waals surface area contributed by atoms with Gasteiger partial charge in [0, 0.05) is 36.7 Å². The van der Waals surface area contributed by atoms with Crippen molar-refractivity contribution in [1.82, 2.24) is 15.1 Å². The van der Waals surface area contributed by atoms with Crippen molar-refractivity contribution in [3.05, 3.63) is 0 Å². The smallest absolute Gasteiger partial charge is 0.194 e. The molecule has 0 aliphatic carbocycles. The average molecular weight is 440 g/mol. The summed E-state index contributed by atoms with van der Waals surface area (Å²) < 4.78 is 0. The van der Waals surface area contributed by atoms with Crippen molar-refractivity contribution in [3.63, 3.8) is 0 Å². The van der Waals surface area contributed by atoms with Crippen LogP contribution in [0.15, 0.2) is 4.99 Å². The number of nitrogens with one attached hydrogen (secondary N) is 1. The van der Waals surface area contributed by atoms with E-state index in [2.05, 4.69) is 54.7 Å². The molecule has 2 aliphatic rings. The van der Waals surface area contributed by atoms with Crippen LogP contribution >= 0.6 is 35.7 Å². The fourth-order valence-corrected chi connectivity index (χ4v) is 4.40. The predicted octanol–water partition coefficient (Wildman–Crippen LogP) is 2.74. The Morgan fingerprint density at radius 2 is 2.14 bits per heavy atom. The van der Waals surface area contributed by atoms with Gasteiger partial charge in [0.25, 0.3) is 0 Å². The molecule has 22 heavy (non-hydrogen) atoms. The van der Waals surface area contributed by atoms with Crippen LogP contribution in [0, 0.1) is 5.92 Å². The third-order valence-electron chi connectivity index (χ3n) is 4.59. The molecule has 2 atom stereocenters. The standard InChI is InChI=1S/C16H32N4S.HI/c1-5-17-16(18-11-14-7-6-8-19(14)4)20-9-10-21-15(12-20)13(2)3;/h13-15H,5-12H2,1-4H3,(H,17,18);1H. The summed E-state index contributed by atoms with van der Waals surface area (Å²) in [4.78, 5) is 9.87. The van der Waals surface area contributed by atoms with Crippen LogP contribution in [0.4, 0.5) is 0 Å². The lowest BCUT2D eigenvalue weighted by atomic mass is 10.1. The van der Waals surface area contributed by atoms with E-state index in [0.29, 0.717) is 6.04 Å². The van der Waals surface area contributed by atoms with Gasteiger partial charge in [-0.2, -0.15) is 11.8 Å². The molecule has 0 saturated carbocycles. The maximum atomic E-state index is 4.94. The molecular weight excluding hydrogens is 407 g/mol. The van der Waals surface area contributed by atoms with Crippen molar-refractivity contribution in [3.8, 4) is 0 Å². The van der Waals surface area contributed by atoms with Crippen molar-refractivity contribution in [1.29, 1.82) is 0 Å². The molecule has 0 aromatic carbocycles. The van der Waals surface area contributed by atoms with Gasteiger partial charge in [-0.1, -0.05) is 13.8 Å². The van der Waals surface area contributed by atoms with Gasteiger partial charge < -0.3 is 15.1 Å². The van der Waals surface area contributed by atoms with Gasteiger partial charge in [-0.25, -0.2) is 0 Å². The fourth-order valence-electron chi connectivity index (χ4n) is 3.10. The van der Waals surface area contributed by atoms with Gasteiger partial charge in [-0.15, -0.1) is 24.0 Å². The Morgan fingerprint density at radius 1 is 1.36 bits per heavy atom. The van der Waals surface area contributed by atoms with Crippen LogP contribution in [0.2, 0.25) is 0 Å². The van der Waals surface area contributed by atoms with E-state index in [1.54, 1.807) is 0 Å². The maximum absolute atomic E-state index is 4.94. The van der Waals surface area contributed by atoms with Gasteiger partial charge in [0.15, 0.2) is 5.96 Å². The number of rotatable bonds is 4. The largest absolute Gasteiger partial charge is 0.357 e. The van der Waals surface area contributed by atoms with Crippen LogP contribution in [0.25, 0.3) is 0 Å². The highest BCUT2D eigenvalue weighted by atomic mass is 127. The average Bonchev–Trinajstić information content (AvgIpc) is 2.89. The van der Waals surface area contributed by atoms with Gasteiger partial charge >= 0.3 is 0 Å². The van der Waals surface area contributed by atoms with E-state index in [0.717, 1.165) is 43.3 Å². The first kappa shape index (κ1) is 20.4. The number of likely N-dealkylation sites (N-methyl/N-ethyl adjacent to an activating group) is 1. The van der Waals surface area contributed by atoms with E-state index in [4.69, 9.17) is 4.99 Å². The van der Waals surface area contributed by atoms with Crippen LogP contribution in [-0.2, 0) is 0 Å². The molecule has 2 aliphatic heterocycles. The second-order valence-corrected chi connectivity index (χ2v) is 7.92. The molecule has 2 heterocycles. The molecule has 1 N–H and O–H groups in total. The van der Waals surface area contributed by atoms with E-state index in [1.165, 1.54) is 25.1 Å². The summed E-state index contributed by atoms with van der Waals surface area (Å²) in [5.41, 5.74) is 0. The Labute approximate surface area is 157 Å². The Bertz CT molecular complexity index is 351. The minimum Gasteiger partial charge on any atom is -0.357 e. The van der Waals surface area contributed by atoms with E-state index in [1.807, 2.05) is 0 Å². The van der Waals surface area contributed by atoms with Crippen molar-refractivity contribution < 1.29 is 0 Å². The highest BCUT2D eigenvalue weighted by molar-refractivity contribution is 14.0. The van der Waals surface area contributed by atoms with E-state index < -0.39 is 0 Å². The first-order valence-electron chi connectivity index (χ1n) is 8.47. The Kier molecular flexibility index (Phi) is 9.47. The lowest BCUT2D eigenvalue weighted by Crippen LogP contribution is -2.49. The monoisotopic (exact) mass is 440 g/mol. The molecule has 0 aromatic heterocycles. The third-order valence-corrected chi connectivity index (χ3v) is 6.13. The van der Waals surface area contributed by atoms with Gasteiger partial charge in [-0.05, 0) is 39.3 Å². The quantitative estimate of drug-likeness (QED) is 0.414. The first-order valence-corrected chi connectivity index (χ1v) is 9.51. The first-order chi connectivity index (χ1) is 10.1. The Morgan fingerprint density at radius 3 is 2.73 bits per heavy atom. The van der Waals surface area contributed by atoms with Crippen LogP contribution in [0.5, 0.6) is 0 Å². The zero-order valence-corrected chi connectivity index (χ0v) is 17.7. The van der Waals surface area contributed by atoms with Crippen molar-refractivity contribution >= 4 is 41.7 Å². The Balaban J connectivity index is 0.00000242. The molecule has 2 fully saturated rings. The van der Waals surface area contributed by atoms with Crippen LogP contribution in [0.3, 0.4) is 0 Å². The van der Waals surface area contributed by atoms with E-state index >= 15 is 0 Å². The molecule has 2 unspecified atom stereocenters. The number of halogens is 1. The molecule has 0 amide bonds.